The molecule has 0 bridgehead atoms. The molecule has 0 spiro atoms. The van der Waals surface area contributed by atoms with Gasteiger partial charge in [0.1, 0.15) is 22.9 Å². The number of carbonyl (C=O) groups excluding carboxylic acids is 1. The van der Waals surface area contributed by atoms with Crippen LogP contribution in [0.3, 0.4) is 0 Å². The number of hydrogen-bond donors (Lipinski definition) is 0. The molecule has 0 atom stereocenters. The first-order valence-corrected chi connectivity index (χ1v) is 13.4. The number of rotatable bonds is 9. The Hall–Kier alpha value is -3.77. The molecule has 0 saturated heterocycles. The summed E-state index contributed by atoms with van der Waals surface area (Å²) in [5.41, 5.74) is 1.66. The Labute approximate surface area is 228 Å². The van der Waals surface area contributed by atoms with E-state index in [2.05, 4.69) is 24.3 Å². The molecule has 0 aliphatic heterocycles. The van der Waals surface area contributed by atoms with E-state index in [4.69, 9.17) is 9.47 Å². The van der Waals surface area contributed by atoms with Crippen molar-refractivity contribution in [3.05, 3.63) is 120 Å². The van der Waals surface area contributed by atoms with E-state index in [0.29, 0.717) is 24.6 Å². The summed E-state index contributed by atoms with van der Waals surface area (Å²) in [5.74, 6) is 0.989. The third kappa shape index (κ3) is 8.67. The Morgan fingerprint density at radius 2 is 1.50 bits per heavy atom. The predicted molar refractivity (Wildman–Crippen MR) is 150 cm³/mol. The maximum atomic E-state index is 13.1. The number of hydrogen-bond acceptors (Lipinski definition) is 4. The third-order valence-corrected chi connectivity index (χ3v) is 6.55. The van der Waals surface area contributed by atoms with Crippen LogP contribution in [-0.4, -0.2) is 23.1 Å². The maximum absolute atomic E-state index is 13.1. The SMILES string of the molecule is CC(C)(C)OC(=O)N(CCc1ccc(Sc2cccc(Oc3ccc(F)cc3)c2)cc1)Cc1ccccc1. The maximum Gasteiger partial charge on any atom is 0.410 e. The van der Waals surface area contributed by atoms with Crippen LogP contribution in [0.1, 0.15) is 31.9 Å². The lowest BCUT2D eigenvalue weighted by Gasteiger charge is -2.27. The average molecular weight is 530 g/mol. The van der Waals surface area contributed by atoms with Gasteiger partial charge in [-0.15, -0.1) is 0 Å². The number of carbonyl (C=O) groups is 1. The van der Waals surface area contributed by atoms with Gasteiger partial charge in [0.05, 0.1) is 0 Å². The van der Waals surface area contributed by atoms with Crippen molar-refractivity contribution in [3.8, 4) is 11.5 Å². The van der Waals surface area contributed by atoms with Crippen LogP contribution in [0.5, 0.6) is 11.5 Å². The van der Waals surface area contributed by atoms with Gasteiger partial charge in [-0.25, -0.2) is 9.18 Å². The molecular weight excluding hydrogens is 497 g/mol. The molecule has 0 aromatic heterocycles. The van der Waals surface area contributed by atoms with Crippen molar-refractivity contribution in [2.24, 2.45) is 0 Å². The Morgan fingerprint density at radius 3 is 2.18 bits per heavy atom. The van der Waals surface area contributed by atoms with Crippen molar-refractivity contribution in [2.75, 3.05) is 6.54 Å². The fourth-order valence-electron chi connectivity index (χ4n) is 3.73. The lowest BCUT2D eigenvalue weighted by Crippen LogP contribution is -2.37. The molecule has 6 heteroatoms. The highest BCUT2D eigenvalue weighted by atomic mass is 32.2. The quantitative estimate of drug-likeness (QED) is 0.217. The van der Waals surface area contributed by atoms with E-state index in [1.54, 1.807) is 28.8 Å². The summed E-state index contributed by atoms with van der Waals surface area (Å²) >= 11 is 1.64. The average Bonchev–Trinajstić information content (AvgIpc) is 2.88. The van der Waals surface area contributed by atoms with Gasteiger partial charge in [-0.2, -0.15) is 0 Å². The van der Waals surface area contributed by atoms with Gasteiger partial charge >= 0.3 is 6.09 Å². The fourth-order valence-corrected chi connectivity index (χ4v) is 4.60. The third-order valence-electron chi connectivity index (χ3n) is 5.55. The molecule has 196 valence electrons. The molecule has 4 aromatic rings. The van der Waals surface area contributed by atoms with Crippen molar-refractivity contribution in [3.63, 3.8) is 0 Å². The minimum Gasteiger partial charge on any atom is -0.457 e. The van der Waals surface area contributed by atoms with Crippen LogP contribution < -0.4 is 4.74 Å². The van der Waals surface area contributed by atoms with Crippen molar-refractivity contribution in [1.82, 2.24) is 4.90 Å². The molecule has 38 heavy (non-hydrogen) atoms. The highest BCUT2D eigenvalue weighted by molar-refractivity contribution is 7.99. The summed E-state index contributed by atoms with van der Waals surface area (Å²) in [4.78, 5) is 16.8. The van der Waals surface area contributed by atoms with Crippen molar-refractivity contribution < 1.29 is 18.7 Å². The molecule has 0 fully saturated rings. The van der Waals surface area contributed by atoms with E-state index < -0.39 is 5.60 Å². The summed E-state index contributed by atoms with van der Waals surface area (Å²) in [5, 5.41) is 0. The lowest BCUT2D eigenvalue weighted by molar-refractivity contribution is 0.0236. The number of halogens is 1. The van der Waals surface area contributed by atoms with Gasteiger partial charge < -0.3 is 14.4 Å². The smallest absolute Gasteiger partial charge is 0.410 e. The summed E-state index contributed by atoms with van der Waals surface area (Å²) in [6.07, 6.45) is 0.411. The van der Waals surface area contributed by atoms with E-state index in [-0.39, 0.29) is 11.9 Å². The van der Waals surface area contributed by atoms with Gasteiger partial charge in [-0.1, -0.05) is 60.3 Å². The van der Waals surface area contributed by atoms with Crippen LogP contribution in [0.4, 0.5) is 9.18 Å². The normalized spacial score (nSPS) is 11.2. The van der Waals surface area contributed by atoms with Gasteiger partial charge in [-0.05, 0) is 92.9 Å². The molecule has 0 heterocycles. The highest BCUT2D eigenvalue weighted by Gasteiger charge is 2.22. The zero-order valence-electron chi connectivity index (χ0n) is 21.9. The monoisotopic (exact) mass is 529 g/mol. The Kier molecular flexibility index (Phi) is 9.08. The molecule has 0 saturated carbocycles. The predicted octanol–water partition coefficient (Wildman–Crippen LogP) is 8.75. The minimum absolute atomic E-state index is 0.293. The second kappa shape index (κ2) is 12.7. The first kappa shape index (κ1) is 27.3. The number of benzene rings is 4. The summed E-state index contributed by atoms with van der Waals surface area (Å²) < 4.78 is 24.7. The summed E-state index contributed by atoms with van der Waals surface area (Å²) in [6.45, 7) is 6.70. The Morgan fingerprint density at radius 1 is 0.789 bits per heavy atom. The molecule has 0 aliphatic carbocycles. The molecular formula is C32H32FNO3S. The molecule has 0 aliphatic rings. The van der Waals surface area contributed by atoms with Gasteiger partial charge in [0.15, 0.2) is 0 Å². The van der Waals surface area contributed by atoms with E-state index in [1.165, 1.54) is 12.1 Å². The zero-order chi connectivity index (χ0) is 27.0. The van der Waals surface area contributed by atoms with Crippen LogP contribution in [0, 0.1) is 5.82 Å². The van der Waals surface area contributed by atoms with Crippen LogP contribution in [0.2, 0.25) is 0 Å². The summed E-state index contributed by atoms with van der Waals surface area (Å²) in [6, 6.07) is 32.1. The lowest BCUT2D eigenvalue weighted by atomic mass is 10.1. The van der Waals surface area contributed by atoms with Gasteiger partial charge in [0.2, 0.25) is 0 Å². The molecule has 0 N–H and O–H groups in total. The standard InChI is InChI=1S/C32H32FNO3S/c1-32(2,3)37-31(35)34(23-25-8-5-4-6-9-25)21-20-24-12-18-29(19-13-24)38-30-11-7-10-28(22-30)36-27-16-14-26(33)15-17-27/h4-19,22H,20-21,23H2,1-3H3. The van der Waals surface area contributed by atoms with Gasteiger partial charge in [0, 0.05) is 22.9 Å². The van der Waals surface area contributed by atoms with Crippen molar-refractivity contribution in [1.29, 1.82) is 0 Å². The van der Waals surface area contributed by atoms with E-state index >= 15 is 0 Å². The second-order valence-electron chi connectivity index (χ2n) is 9.91. The molecule has 4 aromatic carbocycles. The first-order valence-electron chi connectivity index (χ1n) is 12.6. The Bertz CT molecular complexity index is 1320. The van der Waals surface area contributed by atoms with Crippen molar-refractivity contribution >= 4 is 17.9 Å². The van der Waals surface area contributed by atoms with E-state index in [9.17, 15) is 9.18 Å². The highest BCUT2D eigenvalue weighted by Crippen LogP contribution is 2.32. The van der Waals surface area contributed by atoms with Crippen LogP contribution >= 0.6 is 11.8 Å². The number of amides is 1. The fraction of sp³-hybridized carbons (Fsp3) is 0.219. The molecule has 1 amide bonds. The number of ether oxygens (including phenoxy) is 2. The molecule has 4 nitrogen and oxygen atoms in total. The summed E-state index contributed by atoms with van der Waals surface area (Å²) in [7, 11) is 0. The van der Waals surface area contributed by atoms with E-state index in [1.807, 2.05) is 75.4 Å². The van der Waals surface area contributed by atoms with Crippen LogP contribution in [0.15, 0.2) is 113 Å². The van der Waals surface area contributed by atoms with Crippen LogP contribution in [-0.2, 0) is 17.7 Å². The number of nitrogens with zero attached hydrogens (tertiary/aromatic N) is 1. The Balaban J connectivity index is 1.36. The van der Waals surface area contributed by atoms with Gasteiger partial charge in [0.25, 0.3) is 0 Å². The largest absolute Gasteiger partial charge is 0.457 e. The minimum atomic E-state index is -0.549. The zero-order valence-corrected chi connectivity index (χ0v) is 22.7. The topological polar surface area (TPSA) is 38.8 Å². The van der Waals surface area contributed by atoms with Gasteiger partial charge in [-0.3, -0.25) is 0 Å². The molecule has 0 radical (unpaired) electrons. The van der Waals surface area contributed by atoms with Crippen molar-refractivity contribution in [2.45, 2.75) is 49.1 Å². The molecule has 4 rings (SSSR count). The molecule has 0 unspecified atom stereocenters. The van der Waals surface area contributed by atoms with E-state index in [0.717, 1.165) is 27.3 Å². The second-order valence-corrected chi connectivity index (χ2v) is 11.1. The van der Waals surface area contributed by atoms with Crippen LogP contribution in [0.25, 0.3) is 0 Å². The first-order chi connectivity index (χ1) is 18.2.